The number of nitrogens with zero attached hydrogens (tertiary/aromatic N) is 5. The number of aromatic nitrogens is 3. The molecule has 0 N–H and O–H groups in total. The van der Waals surface area contributed by atoms with Crippen molar-refractivity contribution in [1.29, 1.82) is 0 Å². The SMILES string of the molecule is [C-]#[N+]c1nc2c3c4ccccc4c4ccccc4c3c3c4ccccc4cn3c2nc1[N+]#[C-]. The summed E-state index contributed by atoms with van der Waals surface area (Å²) < 4.78 is 2.04. The van der Waals surface area contributed by atoms with Crippen LogP contribution < -0.4 is 0 Å². The minimum Gasteiger partial charge on any atom is -0.370 e. The van der Waals surface area contributed by atoms with Gasteiger partial charge >= 0.3 is 0 Å². The molecule has 0 aliphatic carbocycles. The van der Waals surface area contributed by atoms with Crippen LogP contribution in [-0.4, -0.2) is 14.4 Å². The molecule has 3 aromatic heterocycles. The highest BCUT2D eigenvalue weighted by atomic mass is 15.1. The van der Waals surface area contributed by atoms with Crippen molar-refractivity contribution in [3.05, 3.63) is 102 Å². The minimum atomic E-state index is 0.0287. The maximum Gasteiger partial charge on any atom is 0.295 e. The second kappa shape index (κ2) is 6.26. The average molecular weight is 419 g/mol. The van der Waals surface area contributed by atoms with E-state index in [4.69, 9.17) is 18.1 Å². The van der Waals surface area contributed by atoms with Crippen molar-refractivity contribution in [2.24, 2.45) is 0 Å². The molecule has 0 aliphatic rings. The molecule has 0 aliphatic heterocycles. The Hall–Kier alpha value is -5.00. The van der Waals surface area contributed by atoms with Gasteiger partial charge in [-0.05, 0) is 21.5 Å². The van der Waals surface area contributed by atoms with E-state index in [-0.39, 0.29) is 11.6 Å². The minimum absolute atomic E-state index is 0.0287. The van der Waals surface area contributed by atoms with Gasteiger partial charge < -0.3 is 9.69 Å². The molecule has 0 saturated heterocycles. The first kappa shape index (κ1) is 17.7. The van der Waals surface area contributed by atoms with Gasteiger partial charge in [0.2, 0.25) is 5.52 Å². The first-order valence-corrected chi connectivity index (χ1v) is 10.5. The number of hydrogen-bond donors (Lipinski definition) is 0. The van der Waals surface area contributed by atoms with Crippen molar-refractivity contribution in [1.82, 2.24) is 14.4 Å². The number of rotatable bonds is 0. The summed E-state index contributed by atoms with van der Waals surface area (Å²) >= 11 is 0. The van der Waals surface area contributed by atoms with E-state index in [0.717, 1.165) is 43.2 Å². The molecule has 0 bridgehead atoms. The zero-order valence-electron chi connectivity index (χ0n) is 17.2. The van der Waals surface area contributed by atoms with Gasteiger partial charge in [-0.15, -0.1) is 9.97 Å². The molecular formula is C28H13N5. The molecule has 5 heteroatoms. The molecule has 150 valence electrons. The summed E-state index contributed by atoms with van der Waals surface area (Å²) in [5.41, 5.74) is 2.27. The van der Waals surface area contributed by atoms with Gasteiger partial charge in [0.1, 0.15) is 0 Å². The molecule has 0 atom stereocenters. The van der Waals surface area contributed by atoms with E-state index in [9.17, 15) is 0 Å². The van der Waals surface area contributed by atoms with Crippen LogP contribution in [0.2, 0.25) is 0 Å². The quantitative estimate of drug-likeness (QED) is 0.188. The molecule has 0 amide bonds. The maximum absolute atomic E-state index is 7.59. The van der Waals surface area contributed by atoms with E-state index < -0.39 is 0 Å². The molecule has 7 aromatic rings. The molecular weight excluding hydrogens is 406 g/mol. The highest BCUT2D eigenvalue weighted by Crippen LogP contribution is 2.43. The second-order valence-corrected chi connectivity index (χ2v) is 8.04. The predicted octanol–water partition coefficient (Wildman–Crippen LogP) is 7.60. The number of fused-ring (bicyclic) bond motifs is 13. The Balaban J connectivity index is 1.97. The lowest BCUT2D eigenvalue weighted by Gasteiger charge is -2.13. The Kier molecular flexibility index (Phi) is 3.35. The van der Waals surface area contributed by atoms with Gasteiger partial charge in [-0.1, -0.05) is 85.9 Å². The molecule has 7 rings (SSSR count). The van der Waals surface area contributed by atoms with Crippen molar-refractivity contribution in [2.45, 2.75) is 0 Å². The summed E-state index contributed by atoms with van der Waals surface area (Å²) in [6.07, 6.45) is 2.05. The van der Waals surface area contributed by atoms with Gasteiger partial charge in [-0.25, -0.2) is 0 Å². The van der Waals surface area contributed by atoms with Gasteiger partial charge in [0.15, 0.2) is 0 Å². The third-order valence-electron chi connectivity index (χ3n) is 6.41. The van der Waals surface area contributed by atoms with Gasteiger partial charge in [0.05, 0.1) is 5.52 Å². The lowest BCUT2D eigenvalue weighted by molar-refractivity contribution is 1.20. The molecule has 0 unspecified atom stereocenters. The molecule has 0 spiro atoms. The summed E-state index contributed by atoms with van der Waals surface area (Å²) in [5, 5.41) is 8.73. The zero-order valence-corrected chi connectivity index (χ0v) is 17.2. The summed E-state index contributed by atoms with van der Waals surface area (Å²) in [7, 11) is 0. The van der Waals surface area contributed by atoms with Crippen molar-refractivity contribution < 1.29 is 0 Å². The monoisotopic (exact) mass is 419 g/mol. The highest BCUT2D eigenvalue weighted by Gasteiger charge is 2.24. The smallest absolute Gasteiger partial charge is 0.295 e. The normalized spacial score (nSPS) is 11.6. The standard InChI is InChI=1S/C28H13N5/c1-29-26-27(30-2)32-28-24(31-26)22-20-13-7-5-11-18(20)19-12-6-8-14-21(19)23(22)25-17-10-4-3-9-16(17)15-33(25)28/h3-15H. The van der Waals surface area contributed by atoms with Crippen molar-refractivity contribution in [3.8, 4) is 0 Å². The van der Waals surface area contributed by atoms with Crippen LogP contribution in [0, 0.1) is 13.1 Å². The van der Waals surface area contributed by atoms with Crippen molar-refractivity contribution >= 4 is 71.4 Å². The van der Waals surface area contributed by atoms with Crippen LogP contribution in [0.15, 0.2) is 79.0 Å². The molecule has 5 nitrogen and oxygen atoms in total. The van der Waals surface area contributed by atoms with Crippen molar-refractivity contribution in [3.63, 3.8) is 0 Å². The van der Waals surface area contributed by atoms with Crippen LogP contribution in [0.3, 0.4) is 0 Å². The number of pyridine rings is 1. The fourth-order valence-corrected chi connectivity index (χ4v) is 5.11. The van der Waals surface area contributed by atoms with Crippen LogP contribution >= 0.6 is 0 Å². The fraction of sp³-hybridized carbons (Fsp3) is 0. The topological polar surface area (TPSA) is 38.9 Å². The van der Waals surface area contributed by atoms with E-state index in [1.807, 2.05) is 28.7 Å². The van der Waals surface area contributed by atoms with E-state index in [1.165, 1.54) is 5.39 Å². The van der Waals surface area contributed by atoms with E-state index >= 15 is 0 Å². The van der Waals surface area contributed by atoms with Gasteiger partial charge in [0, 0.05) is 27.7 Å². The van der Waals surface area contributed by atoms with Gasteiger partial charge in [-0.3, -0.25) is 4.40 Å². The molecule has 3 heterocycles. The second-order valence-electron chi connectivity index (χ2n) is 8.04. The third-order valence-corrected chi connectivity index (χ3v) is 6.41. The zero-order chi connectivity index (χ0) is 22.1. The molecule has 33 heavy (non-hydrogen) atoms. The van der Waals surface area contributed by atoms with Crippen LogP contribution in [0.4, 0.5) is 11.6 Å². The Morgan fingerprint density at radius 2 is 1.15 bits per heavy atom. The Labute approximate surface area is 187 Å². The van der Waals surface area contributed by atoms with E-state index in [2.05, 4.69) is 69.4 Å². The summed E-state index contributed by atoms with van der Waals surface area (Å²) in [6.45, 7) is 15.1. The predicted molar refractivity (Wildman–Crippen MR) is 133 cm³/mol. The summed E-state index contributed by atoms with van der Waals surface area (Å²) in [6, 6.07) is 25.0. The van der Waals surface area contributed by atoms with E-state index in [0.29, 0.717) is 11.2 Å². The van der Waals surface area contributed by atoms with E-state index in [1.54, 1.807) is 0 Å². The highest BCUT2D eigenvalue weighted by molar-refractivity contribution is 6.36. The van der Waals surface area contributed by atoms with Crippen LogP contribution in [0.1, 0.15) is 0 Å². The Morgan fingerprint density at radius 1 is 0.606 bits per heavy atom. The van der Waals surface area contributed by atoms with Gasteiger partial charge in [-0.2, -0.15) is 0 Å². The molecule has 0 fully saturated rings. The summed E-state index contributed by atoms with van der Waals surface area (Å²) in [5.74, 6) is 0.0631. The molecule has 0 saturated carbocycles. The average Bonchev–Trinajstić information content (AvgIpc) is 3.27. The largest absolute Gasteiger partial charge is 0.370 e. The summed E-state index contributed by atoms with van der Waals surface area (Å²) in [4.78, 5) is 16.4. The number of benzene rings is 4. The van der Waals surface area contributed by atoms with Crippen LogP contribution in [0.5, 0.6) is 0 Å². The Bertz CT molecular complexity index is 2050. The third kappa shape index (κ3) is 2.18. The Morgan fingerprint density at radius 3 is 1.82 bits per heavy atom. The molecule has 0 radical (unpaired) electrons. The lowest BCUT2D eigenvalue weighted by Crippen LogP contribution is -1.97. The van der Waals surface area contributed by atoms with Crippen molar-refractivity contribution in [2.75, 3.05) is 0 Å². The number of hydrogen-bond acceptors (Lipinski definition) is 2. The van der Waals surface area contributed by atoms with Gasteiger partial charge in [0.25, 0.3) is 17.3 Å². The fourth-order valence-electron chi connectivity index (χ4n) is 5.11. The lowest BCUT2D eigenvalue weighted by atomic mass is 9.93. The first-order chi connectivity index (χ1) is 16.3. The first-order valence-electron chi connectivity index (χ1n) is 10.5. The maximum atomic E-state index is 7.59. The van der Waals surface area contributed by atoms with Crippen LogP contribution in [0.25, 0.3) is 69.5 Å². The molecule has 4 aromatic carbocycles. The van der Waals surface area contributed by atoms with Crippen LogP contribution in [-0.2, 0) is 0 Å².